The molecule has 0 saturated carbocycles. The lowest BCUT2D eigenvalue weighted by molar-refractivity contribution is 0.884. The topological polar surface area (TPSA) is 18.5 Å². The van der Waals surface area contributed by atoms with Gasteiger partial charge in [0.25, 0.3) is 0 Å². The van der Waals surface area contributed by atoms with Crippen molar-refractivity contribution in [2.45, 2.75) is 12.8 Å². The Morgan fingerprint density at radius 1 is 1.12 bits per heavy atom. The molecular formula is C13H19N3. The van der Waals surface area contributed by atoms with E-state index in [2.05, 4.69) is 40.4 Å². The Kier molecular flexibility index (Phi) is 2.39. The molecule has 0 aliphatic carbocycles. The zero-order valence-electron chi connectivity index (χ0n) is 9.87. The quantitative estimate of drug-likeness (QED) is 0.777. The molecule has 0 spiro atoms. The molecule has 16 heavy (non-hydrogen) atoms. The van der Waals surface area contributed by atoms with E-state index in [0.717, 1.165) is 13.1 Å². The van der Waals surface area contributed by atoms with E-state index in [-0.39, 0.29) is 0 Å². The molecule has 0 amide bonds. The van der Waals surface area contributed by atoms with Gasteiger partial charge in [-0.15, -0.1) is 0 Å². The fraction of sp³-hybridized carbons (Fsp3) is 0.538. The molecule has 0 atom stereocenters. The molecule has 1 saturated heterocycles. The third-order valence-corrected chi connectivity index (χ3v) is 3.63. The van der Waals surface area contributed by atoms with Crippen LogP contribution in [0.15, 0.2) is 18.2 Å². The van der Waals surface area contributed by atoms with E-state index < -0.39 is 0 Å². The van der Waals surface area contributed by atoms with Gasteiger partial charge in [-0.25, -0.2) is 0 Å². The van der Waals surface area contributed by atoms with Crippen molar-refractivity contribution in [3.63, 3.8) is 0 Å². The molecule has 3 nitrogen and oxygen atoms in total. The van der Waals surface area contributed by atoms with Crippen molar-refractivity contribution in [2.24, 2.45) is 0 Å². The first-order valence-electron chi connectivity index (χ1n) is 6.18. The Bertz CT molecular complexity index is 383. The van der Waals surface area contributed by atoms with Crippen molar-refractivity contribution in [1.82, 2.24) is 0 Å². The summed E-state index contributed by atoms with van der Waals surface area (Å²) in [7, 11) is 2.16. The van der Waals surface area contributed by atoms with Crippen LogP contribution in [-0.4, -0.2) is 33.2 Å². The van der Waals surface area contributed by atoms with Gasteiger partial charge < -0.3 is 15.1 Å². The number of rotatable bonds is 1. The average molecular weight is 217 g/mol. The molecule has 3 rings (SSSR count). The van der Waals surface area contributed by atoms with Crippen LogP contribution < -0.4 is 15.1 Å². The largest absolute Gasteiger partial charge is 0.382 e. The minimum absolute atomic E-state index is 1.05. The Hall–Kier alpha value is -1.38. The maximum absolute atomic E-state index is 3.49. The molecule has 86 valence electrons. The van der Waals surface area contributed by atoms with E-state index in [0.29, 0.717) is 0 Å². The van der Waals surface area contributed by atoms with Gasteiger partial charge in [-0.2, -0.15) is 0 Å². The van der Waals surface area contributed by atoms with Crippen LogP contribution in [0.2, 0.25) is 0 Å². The van der Waals surface area contributed by atoms with Crippen LogP contribution in [0.25, 0.3) is 0 Å². The summed E-state index contributed by atoms with van der Waals surface area (Å²) in [6.07, 6.45) is 2.68. The predicted molar refractivity (Wildman–Crippen MR) is 69.6 cm³/mol. The second-order valence-electron chi connectivity index (χ2n) is 4.74. The van der Waals surface area contributed by atoms with Crippen LogP contribution in [0.1, 0.15) is 12.8 Å². The molecule has 0 radical (unpaired) electrons. The van der Waals surface area contributed by atoms with Gasteiger partial charge >= 0.3 is 0 Å². The maximum Gasteiger partial charge on any atom is 0.0601 e. The van der Waals surface area contributed by atoms with E-state index in [9.17, 15) is 0 Å². The summed E-state index contributed by atoms with van der Waals surface area (Å²) in [6, 6.07) is 6.80. The van der Waals surface area contributed by atoms with Crippen molar-refractivity contribution < 1.29 is 0 Å². The van der Waals surface area contributed by atoms with Crippen molar-refractivity contribution in [3.8, 4) is 0 Å². The van der Waals surface area contributed by atoms with Crippen LogP contribution in [0, 0.1) is 0 Å². The monoisotopic (exact) mass is 217 g/mol. The highest BCUT2D eigenvalue weighted by molar-refractivity contribution is 5.76. The smallest absolute Gasteiger partial charge is 0.0601 e. The van der Waals surface area contributed by atoms with E-state index in [1.165, 1.54) is 43.0 Å². The third-order valence-electron chi connectivity index (χ3n) is 3.63. The van der Waals surface area contributed by atoms with Crippen LogP contribution in [0.5, 0.6) is 0 Å². The standard InChI is InChI=1S/C13H19N3/c1-15-9-6-14-12-10-11(4-5-13(12)15)16-7-2-3-8-16/h4-5,10,14H,2-3,6-9H2,1H3. The number of benzene rings is 1. The van der Waals surface area contributed by atoms with Crippen molar-refractivity contribution in [1.29, 1.82) is 0 Å². The molecule has 3 heteroatoms. The fourth-order valence-electron chi connectivity index (χ4n) is 2.65. The van der Waals surface area contributed by atoms with Gasteiger partial charge in [0.2, 0.25) is 0 Å². The molecule has 2 aliphatic heterocycles. The van der Waals surface area contributed by atoms with Crippen LogP contribution in [0.4, 0.5) is 17.1 Å². The predicted octanol–water partition coefficient (Wildman–Crippen LogP) is 2.15. The summed E-state index contributed by atoms with van der Waals surface area (Å²) >= 11 is 0. The third kappa shape index (κ3) is 1.60. The molecule has 2 aliphatic rings. The number of anilines is 3. The van der Waals surface area contributed by atoms with Crippen LogP contribution >= 0.6 is 0 Å². The normalized spacial score (nSPS) is 19.6. The SMILES string of the molecule is CN1CCNc2cc(N3CCCC3)ccc21. The number of hydrogen-bond acceptors (Lipinski definition) is 3. The molecule has 1 N–H and O–H groups in total. The minimum Gasteiger partial charge on any atom is -0.382 e. The Morgan fingerprint density at radius 3 is 2.75 bits per heavy atom. The highest BCUT2D eigenvalue weighted by atomic mass is 15.2. The summed E-state index contributed by atoms with van der Waals surface area (Å²) < 4.78 is 0. The van der Waals surface area contributed by atoms with E-state index in [4.69, 9.17) is 0 Å². The van der Waals surface area contributed by atoms with Crippen molar-refractivity contribution in [2.75, 3.05) is 48.3 Å². The summed E-state index contributed by atoms with van der Waals surface area (Å²) in [4.78, 5) is 4.80. The highest BCUT2D eigenvalue weighted by Crippen LogP contribution is 2.33. The lowest BCUT2D eigenvalue weighted by Crippen LogP contribution is -2.30. The molecular weight excluding hydrogens is 198 g/mol. The Balaban J connectivity index is 1.91. The zero-order chi connectivity index (χ0) is 11.0. The average Bonchev–Trinajstić information content (AvgIpc) is 2.82. The molecule has 1 aromatic rings. The van der Waals surface area contributed by atoms with Gasteiger partial charge in [-0.05, 0) is 31.0 Å². The molecule has 2 heterocycles. The first-order chi connectivity index (χ1) is 7.84. The van der Waals surface area contributed by atoms with E-state index >= 15 is 0 Å². The lowest BCUT2D eigenvalue weighted by Gasteiger charge is -2.30. The van der Waals surface area contributed by atoms with Gasteiger partial charge in [0.15, 0.2) is 0 Å². The van der Waals surface area contributed by atoms with Crippen LogP contribution in [-0.2, 0) is 0 Å². The Morgan fingerprint density at radius 2 is 1.94 bits per heavy atom. The minimum atomic E-state index is 1.05. The summed E-state index contributed by atoms with van der Waals surface area (Å²) in [5.74, 6) is 0. The summed E-state index contributed by atoms with van der Waals surface area (Å²) in [6.45, 7) is 4.58. The maximum atomic E-state index is 3.49. The number of fused-ring (bicyclic) bond motifs is 1. The molecule has 1 aromatic carbocycles. The summed E-state index contributed by atoms with van der Waals surface area (Å²) in [5, 5.41) is 3.49. The number of likely N-dealkylation sites (N-methyl/N-ethyl adjacent to an activating group) is 1. The van der Waals surface area contributed by atoms with Crippen LogP contribution in [0.3, 0.4) is 0 Å². The van der Waals surface area contributed by atoms with Gasteiger partial charge in [-0.3, -0.25) is 0 Å². The Labute approximate surface area is 97.0 Å². The molecule has 0 bridgehead atoms. The fourth-order valence-corrected chi connectivity index (χ4v) is 2.65. The lowest BCUT2D eigenvalue weighted by atomic mass is 10.2. The van der Waals surface area contributed by atoms with Gasteiger partial charge in [0.1, 0.15) is 0 Å². The van der Waals surface area contributed by atoms with Crippen molar-refractivity contribution in [3.05, 3.63) is 18.2 Å². The first-order valence-corrected chi connectivity index (χ1v) is 6.18. The summed E-state index contributed by atoms with van der Waals surface area (Å²) in [5.41, 5.74) is 3.99. The number of nitrogens with zero attached hydrogens (tertiary/aromatic N) is 2. The number of hydrogen-bond donors (Lipinski definition) is 1. The van der Waals surface area contributed by atoms with Gasteiger partial charge in [-0.1, -0.05) is 0 Å². The number of nitrogens with one attached hydrogen (secondary N) is 1. The zero-order valence-corrected chi connectivity index (χ0v) is 9.87. The second-order valence-corrected chi connectivity index (χ2v) is 4.74. The van der Waals surface area contributed by atoms with Gasteiger partial charge in [0, 0.05) is 38.9 Å². The van der Waals surface area contributed by atoms with Crippen molar-refractivity contribution >= 4 is 17.1 Å². The molecule has 0 unspecified atom stereocenters. The second kappa shape index (κ2) is 3.89. The first kappa shape index (κ1) is 9.82. The van der Waals surface area contributed by atoms with E-state index in [1.807, 2.05) is 0 Å². The van der Waals surface area contributed by atoms with E-state index in [1.54, 1.807) is 0 Å². The highest BCUT2D eigenvalue weighted by Gasteiger charge is 2.17. The molecule has 1 fully saturated rings. The van der Waals surface area contributed by atoms with Gasteiger partial charge in [0.05, 0.1) is 11.4 Å². The molecule has 0 aromatic heterocycles.